The normalized spacial score (nSPS) is 10.4. The fraction of sp³-hybridized carbons (Fsp3) is 0.385. The van der Waals surface area contributed by atoms with Crippen LogP contribution in [0, 0.1) is 0 Å². The van der Waals surface area contributed by atoms with E-state index < -0.39 is 0 Å². The lowest BCUT2D eigenvalue weighted by atomic mass is 10.4. The lowest BCUT2D eigenvalue weighted by Crippen LogP contribution is -2.05. The SMILES string of the molecule is CCCNc1cc(OCc2cccs2)nc(SC)n1. The third kappa shape index (κ3) is 4.40. The summed E-state index contributed by atoms with van der Waals surface area (Å²) in [6.07, 6.45) is 3.02. The monoisotopic (exact) mass is 295 g/mol. The molecule has 4 nitrogen and oxygen atoms in total. The van der Waals surface area contributed by atoms with E-state index in [9.17, 15) is 0 Å². The van der Waals surface area contributed by atoms with Gasteiger partial charge in [0.2, 0.25) is 5.88 Å². The van der Waals surface area contributed by atoms with E-state index in [4.69, 9.17) is 4.74 Å². The van der Waals surface area contributed by atoms with Crippen molar-refractivity contribution in [2.24, 2.45) is 0 Å². The van der Waals surface area contributed by atoms with Gasteiger partial charge in [-0.25, -0.2) is 4.98 Å². The molecule has 0 aromatic carbocycles. The van der Waals surface area contributed by atoms with Crippen molar-refractivity contribution in [1.29, 1.82) is 0 Å². The summed E-state index contributed by atoms with van der Waals surface area (Å²) in [5, 5.41) is 6.03. The molecule has 0 radical (unpaired) electrons. The maximum Gasteiger partial charge on any atom is 0.219 e. The molecule has 0 aliphatic heterocycles. The van der Waals surface area contributed by atoms with Crippen LogP contribution in [-0.4, -0.2) is 22.8 Å². The molecule has 0 atom stereocenters. The summed E-state index contributed by atoms with van der Waals surface area (Å²) < 4.78 is 5.72. The zero-order valence-corrected chi connectivity index (χ0v) is 12.7. The highest BCUT2D eigenvalue weighted by Crippen LogP contribution is 2.20. The maximum absolute atomic E-state index is 5.72. The van der Waals surface area contributed by atoms with Crippen molar-refractivity contribution in [3.8, 4) is 5.88 Å². The number of hydrogen-bond acceptors (Lipinski definition) is 6. The fourth-order valence-electron chi connectivity index (χ4n) is 1.45. The zero-order valence-electron chi connectivity index (χ0n) is 11.0. The van der Waals surface area contributed by atoms with E-state index in [-0.39, 0.29) is 0 Å². The van der Waals surface area contributed by atoms with Gasteiger partial charge in [0.1, 0.15) is 12.4 Å². The molecule has 2 heterocycles. The van der Waals surface area contributed by atoms with Gasteiger partial charge in [-0.2, -0.15) is 4.98 Å². The number of rotatable bonds is 7. The Morgan fingerprint density at radius 1 is 1.42 bits per heavy atom. The largest absolute Gasteiger partial charge is 0.472 e. The van der Waals surface area contributed by atoms with Gasteiger partial charge >= 0.3 is 0 Å². The minimum Gasteiger partial charge on any atom is -0.472 e. The summed E-state index contributed by atoms with van der Waals surface area (Å²) in [5.41, 5.74) is 0. The molecular formula is C13H17N3OS2. The molecule has 0 saturated carbocycles. The number of thiophene rings is 1. The quantitative estimate of drug-likeness (QED) is 0.624. The predicted octanol–water partition coefficient (Wildman–Crippen LogP) is 3.66. The first-order valence-corrected chi connectivity index (χ1v) is 8.24. The van der Waals surface area contributed by atoms with Crippen molar-refractivity contribution in [1.82, 2.24) is 9.97 Å². The van der Waals surface area contributed by atoms with Crippen LogP contribution >= 0.6 is 23.1 Å². The van der Waals surface area contributed by atoms with Gasteiger partial charge in [-0.3, -0.25) is 0 Å². The lowest BCUT2D eigenvalue weighted by molar-refractivity contribution is 0.294. The van der Waals surface area contributed by atoms with Crippen molar-refractivity contribution in [2.45, 2.75) is 25.1 Å². The number of nitrogens with zero attached hydrogens (tertiary/aromatic N) is 2. The molecule has 6 heteroatoms. The molecule has 0 spiro atoms. The van der Waals surface area contributed by atoms with Gasteiger partial charge < -0.3 is 10.1 Å². The van der Waals surface area contributed by atoms with Gasteiger partial charge in [-0.05, 0) is 24.1 Å². The van der Waals surface area contributed by atoms with Gasteiger partial charge in [0, 0.05) is 17.5 Å². The summed E-state index contributed by atoms with van der Waals surface area (Å²) in [7, 11) is 0. The van der Waals surface area contributed by atoms with Crippen LogP contribution in [0.25, 0.3) is 0 Å². The third-order valence-electron chi connectivity index (χ3n) is 2.36. The van der Waals surface area contributed by atoms with Gasteiger partial charge in [-0.15, -0.1) is 11.3 Å². The molecule has 2 rings (SSSR count). The average molecular weight is 295 g/mol. The predicted molar refractivity (Wildman–Crippen MR) is 81.2 cm³/mol. The van der Waals surface area contributed by atoms with Crippen LogP contribution in [0.1, 0.15) is 18.2 Å². The van der Waals surface area contributed by atoms with Crippen LogP contribution in [0.4, 0.5) is 5.82 Å². The van der Waals surface area contributed by atoms with E-state index >= 15 is 0 Å². The van der Waals surface area contributed by atoms with Crippen molar-refractivity contribution in [2.75, 3.05) is 18.1 Å². The second-order valence-electron chi connectivity index (χ2n) is 3.87. The molecule has 2 aromatic heterocycles. The Morgan fingerprint density at radius 2 is 2.32 bits per heavy atom. The highest BCUT2D eigenvalue weighted by molar-refractivity contribution is 7.98. The molecule has 0 amide bonds. The van der Waals surface area contributed by atoms with E-state index in [1.807, 2.05) is 23.8 Å². The number of ether oxygens (including phenoxy) is 1. The molecule has 0 aliphatic carbocycles. The molecule has 0 unspecified atom stereocenters. The van der Waals surface area contributed by atoms with Crippen LogP contribution in [0.15, 0.2) is 28.7 Å². The molecule has 0 aliphatic rings. The highest BCUT2D eigenvalue weighted by atomic mass is 32.2. The van der Waals surface area contributed by atoms with Gasteiger partial charge in [-0.1, -0.05) is 24.8 Å². The molecule has 102 valence electrons. The summed E-state index contributed by atoms with van der Waals surface area (Å²) >= 11 is 3.20. The van der Waals surface area contributed by atoms with E-state index in [1.54, 1.807) is 11.3 Å². The molecule has 0 bridgehead atoms. The third-order valence-corrected chi connectivity index (χ3v) is 3.76. The number of hydrogen-bond donors (Lipinski definition) is 1. The smallest absolute Gasteiger partial charge is 0.219 e. The topological polar surface area (TPSA) is 47.0 Å². The van der Waals surface area contributed by atoms with Gasteiger partial charge in [0.15, 0.2) is 5.16 Å². The summed E-state index contributed by atoms with van der Waals surface area (Å²) in [6.45, 7) is 3.57. The Kier molecular flexibility index (Phi) is 5.47. The van der Waals surface area contributed by atoms with Gasteiger partial charge in [0.05, 0.1) is 0 Å². The number of nitrogens with one attached hydrogen (secondary N) is 1. The first-order chi connectivity index (χ1) is 9.31. The Labute approximate surface area is 121 Å². The average Bonchev–Trinajstić information content (AvgIpc) is 2.96. The standard InChI is InChI=1S/C13H17N3OS2/c1-3-6-14-11-8-12(16-13(15-11)18-2)17-9-10-5-4-7-19-10/h4-5,7-8H,3,6,9H2,1-2H3,(H,14,15,16). The molecule has 0 saturated heterocycles. The van der Waals surface area contributed by atoms with Crippen LogP contribution < -0.4 is 10.1 Å². The van der Waals surface area contributed by atoms with Crippen LogP contribution in [0.5, 0.6) is 5.88 Å². The van der Waals surface area contributed by atoms with E-state index in [2.05, 4.69) is 28.3 Å². The molecular weight excluding hydrogens is 278 g/mol. The van der Waals surface area contributed by atoms with E-state index in [0.717, 1.165) is 23.9 Å². The Bertz CT molecular complexity index is 503. The Morgan fingerprint density at radius 3 is 3.00 bits per heavy atom. The van der Waals surface area contributed by atoms with E-state index in [0.29, 0.717) is 12.5 Å². The van der Waals surface area contributed by atoms with Crippen LogP contribution in [0.3, 0.4) is 0 Å². The summed E-state index contributed by atoms with van der Waals surface area (Å²) in [6, 6.07) is 5.92. The number of aromatic nitrogens is 2. The molecule has 19 heavy (non-hydrogen) atoms. The van der Waals surface area contributed by atoms with Crippen molar-refractivity contribution in [3.05, 3.63) is 28.5 Å². The summed E-state index contributed by atoms with van der Waals surface area (Å²) in [5.74, 6) is 1.44. The van der Waals surface area contributed by atoms with Crippen LogP contribution in [-0.2, 0) is 6.61 Å². The minimum absolute atomic E-state index is 0.551. The first-order valence-electron chi connectivity index (χ1n) is 6.14. The van der Waals surface area contributed by atoms with Crippen molar-refractivity contribution >= 4 is 28.9 Å². The number of thioether (sulfide) groups is 1. The van der Waals surface area contributed by atoms with Gasteiger partial charge in [0.25, 0.3) is 0 Å². The first kappa shape index (κ1) is 14.1. The Hall–Kier alpha value is -1.27. The fourth-order valence-corrected chi connectivity index (χ4v) is 2.44. The highest BCUT2D eigenvalue weighted by Gasteiger charge is 2.05. The van der Waals surface area contributed by atoms with Crippen LogP contribution in [0.2, 0.25) is 0 Å². The minimum atomic E-state index is 0.551. The number of anilines is 1. The zero-order chi connectivity index (χ0) is 13.5. The van der Waals surface area contributed by atoms with Crippen molar-refractivity contribution < 1.29 is 4.74 Å². The summed E-state index contributed by atoms with van der Waals surface area (Å²) in [4.78, 5) is 9.94. The Balaban J connectivity index is 2.05. The van der Waals surface area contributed by atoms with Crippen molar-refractivity contribution in [3.63, 3.8) is 0 Å². The molecule has 0 fully saturated rings. The lowest BCUT2D eigenvalue weighted by Gasteiger charge is -2.09. The second-order valence-corrected chi connectivity index (χ2v) is 5.68. The second kappa shape index (κ2) is 7.35. The molecule has 1 N–H and O–H groups in total. The van der Waals surface area contributed by atoms with E-state index in [1.165, 1.54) is 16.6 Å². The molecule has 2 aromatic rings. The maximum atomic E-state index is 5.72.